The molecule has 1 aromatic carbocycles. The lowest BCUT2D eigenvalue weighted by molar-refractivity contribution is 0.623. The summed E-state index contributed by atoms with van der Waals surface area (Å²) in [5, 5.41) is 3.23. The maximum Gasteiger partial charge on any atom is 0.148 e. The third kappa shape index (κ3) is 3.53. The first-order valence-electron chi connectivity index (χ1n) is 7.10. The Morgan fingerprint density at radius 2 is 2.00 bits per heavy atom. The average molecular weight is 350 g/mol. The molecule has 0 saturated carbocycles. The van der Waals surface area contributed by atoms with Crippen LogP contribution < -0.4 is 10.2 Å². The predicted molar refractivity (Wildman–Crippen MR) is 87.1 cm³/mol. The summed E-state index contributed by atoms with van der Waals surface area (Å²) < 4.78 is 15.1. The third-order valence-corrected chi connectivity index (χ3v) is 4.09. The number of aromatic nitrogens is 1. The molecule has 21 heavy (non-hydrogen) atoms. The van der Waals surface area contributed by atoms with E-state index < -0.39 is 0 Å². The van der Waals surface area contributed by atoms with Crippen molar-refractivity contribution in [3.8, 4) is 0 Å². The van der Waals surface area contributed by atoms with E-state index in [-0.39, 0.29) is 5.82 Å². The van der Waals surface area contributed by atoms with E-state index in [0.717, 1.165) is 41.7 Å². The lowest BCUT2D eigenvalue weighted by atomic mass is 10.2. The van der Waals surface area contributed by atoms with Crippen LogP contribution in [-0.4, -0.2) is 18.1 Å². The van der Waals surface area contributed by atoms with Gasteiger partial charge in [-0.05, 0) is 58.6 Å². The fraction of sp³-hybridized carbons (Fsp3) is 0.312. The average Bonchev–Trinajstić information content (AvgIpc) is 2.99. The summed E-state index contributed by atoms with van der Waals surface area (Å²) in [4.78, 5) is 6.22. The Labute approximate surface area is 132 Å². The molecule has 1 N–H and O–H groups in total. The first-order valence-corrected chi connectivity index (χ1v) is 7.89. The van der Waals surface area contributed by atoms with Gasteiger partial charge in [-0.15, -0.1) is 0 Å². The molecule has 3 rings (SSSR count). The fourth-order valence-corrected chi connectivity index (χ4v) is 3.00. The number of pyridine rings is 1. The lowest BCUT2D eigenvalue weighted by Crippen LogP contribution is -2.18. The smallest absolute Gasteiger partial charge is 0.148 e. The van der Waals surface area contributed by atoms with Crippen molar-refractivity contribution in [2.24, 2.45) is 0 Å². The largest absolute Gasteiger partial charge is 0.381 e. The molecule has 0 bridgehead atoms. The van der Waals surface area contributed by atoms with Crippen LogP contribution in [0, 0.1) is 5.82 Å². The summed E-state index contributed by atoms with van der Waals surface area (Å²) in [5.41, 5.74) is 2.55. The molecule has 0 radical (unpaired) electrons. The van der Waals surface area contributed by atoms with Gasteiger partial charge in [0.2, 0.25) is 0 Å². The Kier molecular flexibility index (Phi) is 4.39. The zero-order valence-corrected chi connectivity index (χ0v) is 13.2. The summed E-state index contributed by atoms with van der Waals surface area (Å²) in [5.74, 6) is -0.158. The SMILES string of the molecule is Fc1cc(NCc2cncc(Br)c2)ccc1N1CCCC1. The van der Waals surface area contributed by atoms with Crippen molar-refractivity contribution in [1.29, 1.82) is 0 Å². The second-order valence-corrected chi connectivity index (χ2v) is 6.14. The Bertz CT molecular complexity index is 627. The summed E-state index contributed by atoms with van der Waals surface area (Å²) in [6.45, 7) is 2.52. The molecule has 0 aliphatic carbocycles. The van der Waals surface area contributed by atoms with Gasteiger partial charge in [0.05, 0.1) is 5.69 Å². The van der Waals surface area contributed by atoms with E-state index in [2.05, 4.69) is 31.1 Å². The maximum atomic E-state index is 14.2. The molecule has 0 amide bonds. The van der Waals surface area contributed by atoms with Crippen LogP contribution in [0.5, 0.6) is 0 Å². The van der Waals surface area contributed by atoms with Crippen molar-refractivity contribution in [3.63, 3.8) is 0 Å². The topological polar surface area (TPSA) is 28.2 Å². The van der Waals surface area contributed by atoms with Gasteiger partial charge in [0, 0.05) is 42.2 Å². The second-order valence-electron chi connectivity index (χ2n) is 5.23. The number of halogens is 2. The first-order chi connectivity index (χ1) is 10.2. The molecule has 1 aromatic heterocycles. The van der Waals surface area contributed by atoms with Crippen LogP contribution in [0.25, 0.3) is 0 Å². The quantitative estimate of drug-likeness (QED) is 0.896. The molecule has 2 aromatic rings. The number of anilines is 2. The third-order valence-electron chi connectivity index (χ3n) is 3.65. The molecule has 1 fully saturated rings. The van der Waals surface area contributed by atoms with Gasteiger partial charge < -0.3 is 10.2 Å². The molecule has 0 spiro atoms. The van der Waals surface area contributed by atoms with E-state index in [9.17, 15) is 4.39 Å². The number of hydrogen-bond acceptors (Lipinski definition) is 3. The minimum atomic E-state index is -0.158. The number of benzene rings is 1. The highest BCUT2D eigenvalue weighted by Crippen LogP contribution is 2.26. The van der Waals surface area contributed by atoms with Gasteiger partial charge in [0.25, 0.3) is 0 Å². The lowest BCUT2D eigenvalue weighted by Gasteiger charge is -2.19. The van der Waals surface area contributed by atoms with Crippen LogP contribution in [0.2, 0.25) is 0 Å². The van der Waals surface area contributed by atoms with Crippen LogP contribution in [0.1, 0.15) is 18.4 Å². The molecule has 5 heteroatoms. The van der Waals surface area contributed by atoms with Crippen molar-refractivity contribution in [3.05, 3.63) is 52.5 Å². The van der Waals surface area contributed by atoms with Gasteiger partial charge in [-0.2, -0.15) is 0 Å². The van der Waals surface area contributed by atoms with Gasteiger partial charge in [-0.1, -0.05) is 0 Å². The van der Waals surface area contributed by atoms with Gasteiger partial charge >= 0.3 is 0 Å². The van der Waals surface area contributed by atoms with E-state index in [0.29, 0.717) is 12.2 Å². The Hall–Kier alpha value is -1.62. The second kappa shape index (κ2) is 6.43. The van der Waals surface area contributed by atoms with Crippen LogP contribution in [0.15, 0.2) is 41.1 Å². The van der Waals surface area contributed by atoms with E-state index in [1.165, 1.54) is 0 Å². The van der Waals surface area contributed by atoms with Crippen molar-refractivity contribution in [1.82, 2.24) is 4.98 Å². The summed E-state index contributed by atoms with van der Waals surface area (Å²) in [6.07, 6.45) is 5.84. The molecule has 1 aliphatic rings. The summed E-state index contributed by atoms with van der Waals surface area (Å²) in [6, 6.07) is 7.36. The van der Waals surface area contributed by atoms with Gasteiger partial charge in [0.1, 0.15) is 5.82 Å². The fourth-order valence-electron chi connectivity index (χ4n) is 2.59. The first kappa shape index (κ1) is 14.3. The molecule has 1 aliphatic heterocycles. The standard InChI is InChI=1S/C16H17BrFN3/c17-13-7-12(9-19-11-13)10-20-14-3-4-16(15(18)8-14)21-5-1-2-6-21/h3-4,7-9,11,20H,1-2,5-6,10H2. The molecule has 1 saturated heterocycles. The van der Waals surface area contributed by atoms with E-state index in [1.54, 1.807) is 18.5 Å². The van der Waals surface area contributed by atoms with Crippen molar-refractivity contribution < 1.29 is 4.39 Å². The van der Waals surface area contributed by atoms with Crippen LogP contribution in [-0.2, 0) is 6.54 Å². The Morgan fingerprint density at radius 3 is 2.71 bits per heavy atom. The van der Waals surface area contributed by atoms with Crippen molar-refractivity contribution in [2.75, 3.05) is 23.3 Å². The minimum Gasteiger partial charge on any atom is -0.381 e. The summed E-state index contributed by atoms with van der Waals surface area (Å²) >= 11 is 3.39. The van der Waals surface area contributed by atoms with E-state index in [1.807, 2.05) is 18.2 Å². The molecule has 3 nitrogen and oxygen atoms in total. The van der Waals surface area contributed by atoms with Crippen molar-refractivity contribution in [2.45, 2.75) is 19.4 Å². The molecular weight excluding hydrogens is 333 g/mol. The van der Waals surface area contributed by atoms with Crippen LogP contribution in [0.3, 0.4) is 0 Å². The van der Waals surface area contributed by atoms with Crippen molar-refractivity contribution >= 4 is 27.3 Å². The van der Waals surface area contributed by atoms with Crippen LogP contribution in [0.4, 0.5) is 15.8 Å². The molecule has 110 valence electrons. The Morgan fingerprint density at radius 1 is 1.19 bits per heavy atom. The highest BCUT2D eigenvalue weighted by Gasteiger charge is 2.16. The molecule has 2 heterocycles. The van der Waals surface area contributed by atoms with Gasteiger partial charge in [-0.25, -0.2) is 4.39 Å². The number of rotatable bonds is 4. The predicted octanol–water partition coefficient (Wildman–Crippen LogP) is 4.20. The molecule has 0 unspecified atom stereocenters. The zero-order chi connectivity index (χ0) is 14.7. The maximum absolute atomic E-state index is 14.2. The Balaban J connectivity index is 1.67. The van der Waals surface area contributed by atoms with Crippen LogP contribution >= 0.6 is 15.9 Å². The van der Waals surface area contributed by atoms with Gasteiger partial charge in [0.15, 0.2) is 0 Å². The number of hydrogen-bond donors (Lipinski definition) is 1. The highest BCUT2D eigenvalue weighted by atomic mass is 79.9. The summed E-state index contributed by atoms with van der Waals surface area (Å²) in [7, 11) is 0. The minimum absolute atomic E-state index is 0.158. The van der Waals surface area contributed by atoms with E-state index in [4.69, 9.17) is 0 Å². The molecular formula is C16H17BrFN3. The number of nitrogens with one attached hydrogen (secondary N) is 1. The monoisotopic (exact) mass is 349 g/mol. The number of nitrogens with zero attached hydrogens (tertiary/aromatic N) is 2. The van der Waals surface area contributed by atoms with Gasteiger partial charge in [-0.3, -0.25) is 4.98 Å². The van der Waals surface area contributed by atoms with E-state index >= 15 is 0 Å². The normalized spacial score (nSPS) is 14.5. The highest BCUT2D eigenvalue weighted by molar-refractivity contribution is 9.10. The molecule has 0 atom stereocenters. The zero-order valence-electron chi connectivity index (χ0n) is 11.6.